The molecule has 0 bridgehead atoms. The van der Waals surface area contributed by atoms with Crippen LogP contribution in [0.4, 0.5) is 10.8 Å². The van der Waals surface area contributed by atoms with Crippen molar-refractivity contribution in [3.63, 3.8) is 0 Å². The predicted molar refractivity (Wildman–Crippen MR) is 107 cm³/mol. The van der Waals surface area contributed by atoms with Gasteiger partial charge in [0.2, 0.25) is 10.0 Å². The SMILES string of the molecule is CN(C)S(=O)(=O)c1ccc2nc(NC(=O)c3cc(Cl)ccc3[N+](=O)[O-])sc2c1. The van der Waals surface area contributed by atoms with Gasteiger partial charge < -0.3 is 0 Å². The molecule has 9 nitrogen and oxygen atoms in total. The van der Waals surface area contributed by atoms with Gasteiger partial charge in [0.15, 0.2) is 5.13 Å². The number of anilines is 1. The number of thiazole rings is 1. The summed E-state index contributed by atoms with van der Waals surface area (Å²) in [6, 6.07) is 8.07. The Balaban J connectivity index is 1.95. The van der Waals surface area contributed by atoms with Crippen LogP contribution >= 0.6 is 22.9 Å². The molecule has 0 aliphatic rings. The molecule has 1 heterocycles. The van der Waals surface area contributed by atoms with Crippen LogP contribution in [0, 0.1) is 10.1 Å². The maximum Gasteiger partial charge on any atom is 0.282 e. The second-order valence-electron chi connectivity index (χ2n) is 5.81. The van der Waals surface area contributed by atoms with Crippen molar-refractivity contribution in [1.29, 1.82) is 0 Å². The summed E-state index contributed by atoms with van der Waals surface area (Å²) >= 11 is 6.89. The van der Waals surface area contributed by atoms with Gasteiger partial charge in [0.1, 0.15) is 5.56 Å². The monoisotopic (exact) mass is 440 g/mol. The first kappa shape index (κ1) is 20.1. The molecule has 0 aliphatic heterocycles. The minimum atomic E-state index is -3.61. The van der Waals surface area contributed by atoms with E-state index >= 15 is 0 Å². The molecule has 1 N–H and O–H groups in total. The van der Waals surface area contributed by atoms with Crippen LogP contribution in [-0.4, -0.2) is 42.6 Å². The number of hydrogen-bond acceptors (Lipinski definition) is 7. The predicted octanol–water partition coefficient (Wildman–Crippen LogP) is 3.36. The summed E-state index contributed by atoms with van der Waals surface area (Å²) in [6.07, 6.45) is 0. The molecule has 146 valence electrons. The number of benzene rings is 2. The van der Waals surface area contributed by atoms with Crippen molar-refractivity contribution < 1.29 is 18.1 Å². The number of fused-ring (bicyclic) bond motifs is 1. The Morgan fingerprint density at radius 3 is 2.61 bits per heavy atom. The Labute approximate surface area is 168 Å². The van der Waals surface area contributed by atoms with Gasteiger partial charge in [-0.15, -0.1) is 0 Å². The number of aromatic nitrogens is 1. The van der Waals surface area contributed by atoms with Gasteiger partial charge in [-0.1, -0.05) is 22.9 Å². The summed E-state index contributed by atoms with van der Waals surface area (Å²) in [5, 5.41) is 14.0. The van der Waals surface area contributed by atoms with Crippen LogP contribution in [0.3, 0.4) is 0 Å². The molecule has 1 aromatic heterocycles. The molecule has 0 spiro atoms. The van der Waals surface area contributed by atoms with E-state index in [9.17, 15) is 23.3 Å². The standard InChI is InChI=1S/C16H13ClN4O5S2/c1-20(2)28(25,26)10-4-5-12-14(8-10)27-16(18-12)19-15(22)11-7-9(17)3-6-13(11)21(23)24/h3-8H,1-2H3,(H,18,19,22). The Morgan fingerprint density at radius 2 is 1.96 bits per heavy atom. The highest BCUT2D eigenvalue weighted by Gasteiger charge is 2.22. The smallest absolute Gasteiger partial charge is 0.282 e. The summed E-state index contributed by atoms with van der Waals surface area (Å²) in [5.41, 5.74) is -0.103. The number of carbonyl (C=O) groups is 1. The largest absolute Gasteiger partial charge is 0.298 e. The van der Waals surface area contributed by atoms with Gasteiger partial charge in [0.05, 0.1) is 20.0 Å². The van der Waals surface area contributed by atoms with E-state index in [0.29, 0.717) is 10.2 Å². The number of sulfonamides is 1. The zero-order valence-electron chi connectivity index (χ0n) is 14.5. The van der Waals surface area contributed by atoms with Crippen molar-refractivity contribution in [1.82, 2.24) is 9.29 Å². The summed E-state index contributed by atoms with van der Waals surface area (Å²) in [6.45, 7) is 0. The first-order valence-corrected chi connectivity index (χ1v) is 10.3. The van der Waals surface area contributed by atoms with Crippen molar-refractivity contribution in [2.24, 2.45) is 0 Å². The Morgan fingerprint density at radius 1 is 1.25 bits per heavy atom. The number of halogens is 1. The lowest BCUT2D eigenvalue weighted by molar-refractivity contribution is -0.385. The third-order valence-corrected chi connectivity index (χ3v) is 6.74. The molecule has 0 aliphatic carbocycles. The van der Waals surface area contributed by atoms with Crippen LogP contribution in [-0.2, 0) is 10.0 Å². The van der Waals surface area contributed by atoms with E-state index in [4.69, 9.17) is 11.6 Å². The average Bonchev–Trinajstić information content (AvgIpc) is 3.02. The molecular weight excluding hydrogens is 428 g/mol. The fourth-order valence-electron chi connectivity index (χ4n) is 2.34. The number of amides is 1. The first-order valence-electron chi connectivity index (χ1n) is 7.68. The molecule has 3 aromatic rings. The number of nitrogens with one attached hydrogen (secondary N) is 1. The lowest BCUT2D eigenvalue weighted by Gasteiger charge is -2.10. The molecule has 0 fully saturated rings. The Bertz CT molecular complexity index is 1210. The van der Waals surface area contributed by atoms with E-state index in [0.717, 1.165) is 21.7 Å². The van der Waals surface area contributed by atoms with Crippen LogP contribution in [0.5, 0.6) is 0 Å². The number of carbonyl (C=O) groups excluding carboxylic acids is 1. The van der Waals surface area contributed by atoms with Gasteiger partial charge >= 0.3 is 0 Å². The van der Waals surface area contributed by atoms with E-state index in [1.807, 2.05) is 0 Å². The minimum Gasteiger partial charge on any atom is -0.298 e. The van der Waals surface area contributed by atoms with Crippen LogP contribution in [0.25, 0.3) is 10.2 Å². The van der Waals surface area contributed by atoms with Crippen molar-refractivity contribution in [3.05, 3.63) is 57.1 Å². The van der Waals surface area contributed by atoms with Crippen molar-refractivity contribution in [3.8, 4) is 0 Å². The molecule has 1 amide bonds. The molecule has 0 saturated heterocycles. The highest BCUT2D eigenvalue weighted by atomic mass is 35.5. The van der Waals surface area contributed by atoms with Gasteiger partial charge in [0.25, 0.3) is 11.6 Å². The molecular formula is C16H13ClN4O5S2. The Hall–Kier alpha value is -2.60. The van der Waals surface area contributed by atoms with Crippen LogP contribution < -0.4 is 5.32 Å². The number of rotatable bonds is 5. The molecule has 3 rings (SSSR count). The molecule has 0 saturated carbocycles. The molecule has 0 radical (unpaired) electrons. The molecule has 2 aromatic carbocycles. The summed E-state index contributed by atoms with van der Waals surface area (Å²) in [7, 11) is -0.757. The third-order valence-electron chi connectivity index (χ3n) is 3.76. The van der Waals surface area contributed by atoms with Gasteiger partial charge in [-0.2, -0.15) is 0 Å². The van der Waals surface area contributed by atoms with E-state index in [1.54, 1.807) is 0 Å². The van der Waals surface area contributed by atoms with Crippen LogP contribution in [0.15, 0.2) is 41.3 Å². The maximum absolute atomic E-state index is 12.5. The molecule has 12 heteroatoms. The van der Waals surface area contributed by atoms with Crippen LogP contribution in [0.2, 0.25) is 5.02 Å². The zero-order chi connectivity index (χ0) is 20.6. The quantitative estimate of drug-likeness (QED) is 0.479. The van der Waals surface area contributed by atoms with Crippen LogP contribution in [0.1, 0.15) is 10.4 Å². The number of nitro benzene ring substituents is 1. The summed E-state index contributed by atoms with van der Waals surface area (Å²) in [4.78, 5) is 27.2. The highest BCUT2D eigenvalue weighted by Crippen LogP contribution is 2.30. The van der Waals surface area contributed by atoms with E-state index in [2.05, 4.69) is 10.3 Å². The van der Waals surface area contributed by atoms with E-state index in [-0.39, 0.29) is 26.3 Å². The third kappa shape index (κ3) is 3.83. The van der Waals surface area contributed by atoms with Crippen molar-refractivity contribution >= 4 is 59.9 Å². The zero-order valence-corrected chi connectivity index (χ0v) is 16.9. The number of nitrogens with zero attached hydrogens (tertiary/aromatic N) is 3. The van der Waals surface area contributed by atoms with Gasteiger partial charge in [-0.25, -0.2) is 17.7 Å². The lowest BCUT2D eigenvalue weighted by Crippen LogP contribution is -2.22. The average molecular weight is 441 g/mol. The highest BCUT2D eigenvalue weighted by molar-refractivity contribution is 7.89. The second kappa shape index (κ2) is 7.43. The molecule has 0 atom stereocenters. The van der Waals surface area contributed by atoms with Gasteiger partial charge in [0, 0.05) is 25.2 Å². The fraction of sp³-hybridized carbons (Fsp3) is 0.125. The Kier molecular flexibility index (Phi) is 5.35. The minimum absolute atomic E-state index is 0.0944. The molecule has 0 unspecified atom stereocenters. The normalized spacial score (nSPS) is 11.7. The van der Waals surface area contributed by atoms with E-state index in [1.165, 1.54) is 44.4 Å². The molecule has 28 heavy (non-hydrogen) atoms. The summed E-state index contributed by atoms with van der Waals surface area (Å²) in [5.74, 6) is -0.741. The maximum atomic E-state index is 12.5. The first-order chi connectivity index (χ1) is 13.1. The second-order valence-corrected chi connectivity index (χ2v) is 9.43. The summed E-state index contributed by atoms with van der Waals surface area (Å²) < 4.78 is 26.1. The van der Waals surface area contributed by atoms with Gasteiger partial charge in [-0.05, 0) is 30.3 Å². The van der Waals surface area contributed by atoms with E-state index < -0.39 is 20.9 Å². The lowest BCUT2D eigenvalue weighted by atomic mass is 10.1. The number of hydrogen-bond donors (Lipinski definition) is 1. The number of nitro groups is 1. The van der Waals surface area contributed by atoms with Crippen molar-refractivity contribution in [2.75, 3.05) is 19.4 Å². The van der Waals surface area contributed by atoms with Gasteiger partial charge in [-0.3, -0.25) is 20.2 Å². The van der Waals surface area contributed by atoms with Crippen molar-refractivity contribution in [2.45, 2.75) is 4.90 Å². The fourth-order valence-corrected chi connectivity index (χ4v) is 4.42. The topological polar surface area (TPSA) is 123 Å².